The highest BCUT2D eigenvalue weighted by Crippen LogP contribution is 2.14. The van der Waals surface area contributed by atoms with E-state index in [0.29, 0.717) is 5.56 Å². The molecule has 0 heterocycles. The summed E-state index contributed by atoms with van der Waals surface area (Å²) >= 11 is 0. The molecule has 146 valence electrons. The molecule has 0 radical (unpaired) electrons. The van der Waals surface area contributed by atoms with E-state index in [-0.39, 0.29) is 18.3 Å². The third-order valence-corrected chi connectivity index (χ3v) is 4.13. The minimum atomic E-state index is -0.673. The van der Waals surface area contributed by atoms with Gasteiger partial charge in [-0.3, -0.25) is 14.9 Å². The monoisotopic (exact) mass is 382 g/mol. The van der Waals surface area contributed by atoms with Crippen LogP contribution in [0.15, 0.2) is 54.6 Å². The Morgan fingerprint density at radius 1 is 1.14 bits per heavy atom. The lowest BCUT2D eigenvalue weighted by Gasteiger charge is -2.14. The quantitative estimate of drug-likeness (QED) is 0.326. The Hall–Kier alpha value is -3.48. The van der Waals surface area contributed by atoms with Crippen molar-refractivity contribution in [2.75, 3.05) is 6.61 Å². The molecule has 0 unspecified atom stereocenters. The van der Waals surface area contributed by atoms with Gasteiger partial charge in [-0.2, -0.15) is 0 Å². The number of aryl methyl sites for hydroxylation is 1. The molecule has 0 aliphatic carbocycles. The normalized spacial score (nSPS) is 11.8. The molecule has 7 heteroatoms. The first-order chi connectivity index (χ1) is 13.4. The van der Waals surface area contributed by atoms with Gasteiger partial charge < -0.3 is 10.1 Å². The summed E-state index contributed by atoms with van der Waals surface area (Å²) in [7, 11) is 0. The molecular formula is C21H22N2O5. The number of carbonyl (C=O) groups excluding carboxylic acids is 2. The average Bonchev–Trinajstić information content (AvgIpc) is 2.71. The van der Waals surface area contributed by atoms with E-state index in [9.17, 15) is 19.7 Å². The zero-order chi connectivity index (χ0) is 20.5. The fourth-order valence-corrected chi connectivity index (χ4v) is 2.46. The average molecular weight is 382 g/mol. The summed E-state index contributed by atoms with van der Waals surface area (Å²) in [5.41, 5.74) is 2.76. The van der Waals surface area contributed by atoms with Gasteiger partial charge in [0.25, 0.3) is 11.6 Å². The van der Waals surface area contributed by atoms with E-state index >= 15 is 0 Å². The van der Waals surface area contributed by atoms with Gasteiger partial charge in [-0.15, -0.1) is 0 Å². The zero-order valence-corrected chi connectivity index (χ0v) is 15.8. The van der Waals surface area contributed by atoms with Gasteiger partial charge in [-0.1, -0.05) is 31.2 Å². The maximum atomic E-state index is 12.0. The van der Waals surface area contributed by atoms with Crippen LogP contribution in [0.5, 0.6) is 0 Å². The van der Waals surface area contributed by atoms with E-state index in [2.05, 4.69) is 12.2 Å². The topological polar surface area (TPSA) is 98.5 Å². The number of nitro groups is 1. The first kappa shape index (κ1) is 20.8. The molecule has 0 bridgehead atoms. The van der Waals surface area contributed by atoms with Gasteiger partial charge >= 0.3 is 5.97 Å². The van der Waals surface area contributed by atoms with Crippen LogP contribution in [-0.2, 0) is 20.7 Å². The SMILES string of the molecule is CCc1ccc([C@H](C)NC(=O)COC(=O)/C=C/c2ccc([N+](=O)[O-])cc2)cc1. The molecule has 2 aromatic rings. The number of benzene rings is 2. The van der Waals surface area contributed by atoms with Crippen molar-refractivity contribution in [2.24, 2.45) is 0 Å². The van der Waals surface area contributed by atoms with Crippen LogP contribution in [-0.4, -0.2) is 23.4 Å². The number of hydrogen-bond acceptors (Lipinski definition) is 5. The van der Waals surface area contributed by atoms with Gasteiger partial charge in [0.1, 0.15) is 0 Å². The lowest BCUT2D eigenvalue weighted by molar-refractivity contribution is -0.384. The Morgan fingerprint density at radius 3 is 2.36 bits per heavy atom. The number of nitrogens with zero attached hydrogens (tertiary/aromatic N) is 1. The Bertz CT molecular complexity index is 857. The van der Waals surface area contributed by atoms with E-state index in [0.717, 1.165) is 12.0 Å². The maximum Gasteiger partial charge on any atom is 0.331 e. The van der Waals surface area contributed by atoms with Gasteiger partial charge in [-0.05, 0) is 48.2 Å². The van der Waals surface area contributed by atoms with E-state index in [1.165, 1.54) is 42.0 Å². The van der Waals surface area contributed by atoms with Gasteiger partial charge in [0.2, 0.25) is 0 Å². The summed E-state index contributed by atoms with van der Waals surface area (Å²) < 4.78 is 4.91. The highest BCUT2D eigenvalue weighted by molar-refractivity contribution is 5.89. The molecule has 28 heavy (non-hydrogen) atoms. The molecule has 0 aliphatic rings. The second-order valence-electron chi connectivity index (χ2n) is 6.17. The fourth-order valence-electron chi connectivity index (χ4n) is 2.46. The van der Waals surface area contributed by atoms with Crippen molar-refractivity contribution >= 4 is 23.6 Å². The minimum absolute atomic E-state index is 0.0325. The van der Waals surface area contributed by atoms with Crippen molar-refractivity contribution in [2.45, 2.75) is 26.3 Å². The molecule has 0 aliphatic heterocycles. The lowest BCUT2D eigenvalue weighted by atomic mass is 10.1. The number of carbonyl (C=O) groups is 2. The number of non-ortho nitro benzene ring substituents is 1. The number of esters is 1. The number of nitrogens with one attached hydrogen (secondary N) is 1. The van der Waals surface area contributed by atoms with Gasteiger partial charge in [0, 0.05) is 18.2 Å². The molecule has 2 aromatic carbocycles. The van der Waals surface area contributed by atoms with Crippen LogP contribution in [0.25, 0.3) is 6.08 Å². The van der Waals surface area contributed by atoms with E-state index < -0.39 is 16.8 Å². The molecule has 0 aromatic heterocycles. The van der Waals surface area contributed by atoms with Gasteiger partial charge in [-0.25, -0.2) is 4.79 Å². The molecule has 7 nitrogen and oxygen atoms in total. The summed E-state index contributed by atoms with van der Waals surface area (Å²) in [6.45, 7) is 3.54. The Balaban J connectivity index is 1.79. The molecule has 1 atom stereocenters. The summed E-state index contributed by atoms with van der Waals surface area (Å²) in [6.07, 6.45) is 3.58. The second kappa shape index (κ2) is 10.0. The molecule has 0 fully saturated rings. The summed E-state index contributed by atoms with van der Waals surface area (Å²) in [5.74, 6) is -1.07. The third kappa shape index (κ3) is 6.35. The van der Waals surface area contributed by atoms with Crippen LogP contribution in [0.4, 0.5) is 5.69 Å². The molecule has 1 amide bonds. The minimum Gasteiger partial charge on any atom is -0.452 e. The predicted octanol–water partition coefficient (Wildman–Crippen LogP) is 3.59. The zero-order valence-electron chi connectivity index (χ0n) is 15.8. The molecule has 0 saturated heterocycles. The first-order valence-electron chi connectivity index (χ1n) is 8.86. The third-order valence-electron chi connectivity index (χ3n) is 4.13. The van der Waals surface area contributed by atoms with E-state index in [1.807, 2.05) is 31.2 Å². The molecule has 2 rings (SSSR count). The van der Waals surface area contributed by atoms with Crippen molar-refractivity contribution in [3.05, 3.63) is 81.4 Å². The summed E-state index contributed by atoms with van der Waals surface area (Å²) in [6, 6.07) is 13.5. The standard InChI is InChI=1S/C21H22N2O5/c1-3-16-4-9-18(10-5-16)15(2)22-20(24)14-28-21(25)13-8-17-6-11-19(12-7-17)23(26)27/h4-13,15H,3,14H2,1-2H3,(H,22,24)/b13-8+/t15-/m0/s1. The molecule has 1 N–H and O–H groups in total. The highest BCUT2D eigenvalue weighted by atomic mass is 16.6. The van der Waals surface area contributed by atoms with Crippen LogP contribution in [0.1, 0.15) is 36.6 Å². The van der Waals surface area contributed by atoms with Crippen LogP contribution < -0.4 is 5.32 Å². The lowest BCUT2D eigenvalue weighted by Crippen LogP contribution is -2.30. The van der Waals surface area contributed by atoms with Crippen LogP contribution in [0.2, 0.25) is 0 Å². The number of amides is 1. The number of rotatable bonds is 8. The molecule has 0 spiro atoms. The van der Waals surface area contributed by atoms with E-state index in [4.69, 9.17) is 4.74 Å². The van der Waals surface area contributed by atoms with E-state index in [1.54, 1.807) is 0 Å². The van der Waals surface area contributed by atoms with Crippen molar-refractivity contribution in [1.29, 1.82) is 0 Å². The second-order valence-corrected chi connectivity index (χ2v) is 6.17. The molecular weight excluding hydrogens is 360 g/mol. The van der Waals surface area contributed by atoms with Crippen molar-refractivity contribution in [3.63, 3.8) is 0 Å². The highest BCUT2D eigenvalue weighted by Gasteiger charge is 2.11. The predicted molar refractivity (Wildman–Crippen MR) is 105 cm³/mol. The largest absolute Gasteiger partial charge is 0.452 e. The van der Waals surface area contributed by atoms with Gasteiger partial charge in [0.05, 0.1) is 11.0 Å². The van der Waals surface area contributed by atoms with Crippen LogP contribution in [0, 0.1) is 10.1 Å². The first-order valence-corrected chi connectivity index (χ1v) is 8.86. The van der Waals surface area contributed by atoms with Gasteiger partial charge in [0.15, 0.2) is 6.61 Å². The number of hydrogen-bond donors (Lipinski definition) is 1. The van der Waals surface area contributed by atoms with Crippen LogP contribution >= 0.6 is 0 Å². The van der Waals surface area contributed by atoms with Crippen molar-refractivity contribution in [3.8, 4) is 0 Å². The summed E-state index contributed by atoms with van der Waals surface area (Å²) in [4.78, 5) is 33.8. The number of nitro benzene ring substituents is 1. The summed E-state index contributed by atoms with van der Waals surface area (Å²) in [5, 5.41) is 13.4. The Morgan fingerprint density at radius 2 is 1.79 bits per heavy atom. The van der Waals surface area contributed by atoms with Crippen molar-refractivity contribution < 1.29 is 19.2 Å². The Labute approximate surface area is 163 Å². The fraction of sp³-hybridized carbons (Fsp3) is 0.238. The maximum absolute atomic E-state index is 12.0. The molecule has 0 saturated carbocycles. The number of ether oxygens (including phenoxy) is 1. The van der Waals surface area contributed by atoms with Crippen molar-refractivity contribution in [1.82, 2.24) is 5.32 Å². The van der Waals surface area contributed by atoms with Crippen LogP contribution in [0.3, 0.4) is 0 Å². The smallest absolute Gasteiger partial charge is 0.331 e. The Kier molecular flexibility index (Phi) is 7.45.